The number of amides is 3. The second-order valence-corrected chi connectivity index (χ2v) is 12.2. The highest BCUT2D eigenvalue weighted by molar-refractivity contribution is 6.02. The van der Waals surface area contributed by atoms with Crippen molar-refractivity contribution in [3.63, 3.8) is 0 Å². The van der Waals surface area contributed by atoms with Crippen molar-refractivity contribution in [3.8, 4) is 0 Å². The highest BCUT2D eigenvalue weighted by Gasteiger charge is 2.72. The van der Waals surface area contributed by atoms with E-state index in [2.05, 4.69) is 29.4 Å². The number of aryl methyl sites for hydroxylation is 2. The first-order valence-corrected chi connectivity index (χ1v) is 15.4. The van der Waals surface area contributed by atoms with Crippen LogP contribution in [0.2, 0.25) is 0 Å². The molecule has 0 aromatic heterocycles. The maximum atomic E-state index is 14.2. The number of anilines is 1. The van der Waals surface area contributed by atoms with Crippen LogP contribution in [0.5, 0.6) is 0 Å². The smallest absolute Gasteiger partial charge is 0.246 e. The first-order chi connectivity index (χ1) is 19.3. The van der Waals surface area contributed by atoms with Gasteiger partial charge in [-0.3, -0.25) is 14.4 Å². The van der Waals surface area contributed by atoms with Gasteiger partial charge in [-0.1, -0.05) is 51.3 Å². The maximum Gasteiger partial charge on any atom is 0.246 e. The van der Waals surface area contributed by atoms with Gasteiger partial charge in [0.2, 0.25) is 17.7 Å². The summed E-state index contributed by atoms with van der Waals surface area (Å²) in [5, 5.41) is 6.32. The van der Waals surface area contributed by atoms with E-state index in [0.717, 1.165) is 62.7 Å². The SMILES string of the molecule is CCCN(CCC)CCN1C(=O)[C@@H]2C(C(=O)Nc3ccc(C)c(C)c3)[C@@H]3C=CC2(O3)C1C(=O)NC1CCCCC1. The number of nitrogens with one attached hydrogen (secondary N) is 2. The Labute approximate surface area is 238 Å². The first-order valence-electron chi connectivity index (χ1n) is 15.4. The summed E-state index contributed by atoms with van der Waals surface area (Å²) >= 11 is 0. The van der Waals surface area contributed by atoms with Crippen molar-refractivity contribution >= 4 is 23.4 Å². The van der Waals surface area contributed by atoms with Crippen molar-refractivity contribution in [1.82, 2.24) is 15.1 Å². The Kier molecular flexibility index (Phi) is 8.66. The molecule has 2 saturated heterocycles. The molecule has 40 heavy (non-hydrogen) atoms. The number of likely N-dealkylation sites (tertiary alicyclic amines) is 1. The van der Waals surface area contributed by atoms with E-state index < -0.39 is 29.6 Å². The third-order valence-corrected chi connectivity index (χ3v) is 9.39. The van der Waals surface area contributed by atoms with Gasteiger partial charge in [-0.25, -0.2) is 0 Å². The fraction of sp³-hybridized carbons (Fsp3) is 0.656. The van der Waals surface area contributed by atoms with Gasteiger partial charge in [-0.15, -0.1) is 0 Å². The number of fused-ring (bicyclic) bond motifs is 1. The Morgan fingerprint density at radius 1 is 1.02 bits per heavy atom. The molecule has 8 heteroatoms. The molecule has 3 heterocycles. The Morgan fingerprint density at radius 3 is 2.42 bits per heavy atom. The van der Waals surface area contributed by atoms with Gasteiger partial charge in [0.1, 0.15) is 11.6 Å². The summed E-state index contributed by atoms with van der Waals surface area (Å²) in [5.41, 5.74) is 1.82. The van der Waals surface area contributed by atoms with Gasteiger partial charge in [-0.05, 0) is 75.9 Å². The summed E-state index contributed by atoms with van der Waals surface area (Å²) in [6, 6.07) is 5.16. The lowest BCUT2D eigenvalue weighted by atomic mass is 9.74. The molecule has 2 bridgehead atoms. The lowest BCUT2D eigenvalue weighted by Crippen LogP contribution is -2.57. The third-order valence-electron chi connectivity index (χ3n) is 9.39. The molecule has 3 aliphatic heterocycles. The number of hydrogen-bond acceptors (Lipinski definition) is 5. The van der Waals surface area contributed by atoms with Crippen LogP contribution < -0.4 is 10.6 Å². The second-order valence-electron chi connectivity index (χ2n) is 12.2. The van der Waals surface area contributed by atoms with Crippen LogP contribution in [0.4, 0.5) is 5.69 Å². The van der Waals surface area contributed by atoms with Gasteiger partial charge in [0.25, 0.3) is 0 Å². The molecule has 0 radical (unpaired) electrons. The molecule has 4 aliphatic rings. The normalized spacial score (nSPS) is 29.3. The Bertz CT molecular complexity index is 1140. The van der Waals surface area contributed by atoms with Crippen molar-refractivity contribution in [2.45, 2.75) is 96.4 Å². The van der Waals surface area contributed by atoms with Crippen LogP contribution in [-0.2, 0) is 19.1 Å². The standard InChI is InChI=1S/C32H46N4O4/c1-5-16-35(17-6-2)18-19-36-28(30(38)33-23-10-8-7-9-11-23)32-15-14-25(40-32)26(27(32)31(36)39)29(37)34-24-13-12-21(3)22(4)20-24/h12-15,20,23,25-28H,5-11,16-19H2,1-4H3,(H,33,38)(H,34,37)/t25-,26?,27-,28?,32?/m0/s1. The van der Waals surface area contributed by atoms with Crippen LogP contribution in [0.25, 0.3) is 0 Å². The minimum absolute atomic E-state index is 0.122. The van der Waals surface area contributed by atoms with Gasteiger partial charge >= 0.3 is 0 Å². The fourth-order valence-electron chi connectivity index (χ4n) is 7.30. The van der Waals surface area contributed by atoms with E-state index in [1.165, 1.54) is 6.42 Å². The highest BCUT2D eigenvalue weighted by atomic mass is 16.5. The molecular formula is C32H46N4O4. The minimum Gasteiger partial charge on any atom is -0.359 e. The monoisotopic (exact) mass is 550 g/mol. The lowest BCUT2D eigenvalue weighted by Gasteiger charge is -2.35. The quantitative estimate of drug-likeness (QED) is 0.407. The highest BCUT2D eigenvalue weighted by Crippen LogP contribution is 2.55. The zero-order valence-electron chi connectivity index (χ0n) is 24.6. The minimum atomic E-state index is -1.12. The third kappa shape index (κ3) is 5.32. The molecule has 1 saturated carbocycles. The number of carbonyl (C=O) groups excluding carboxylic acids is 3. The number of benzene rings is 1. The van der Waals surface area contributed by atoms with Gasteiger partial charge in [0, 0.05) is 24.8 Å². The van der Waals surface area contributed by atoms with Crippen LogP contribution in [0.15, 0.2) is 30.4 Å². The van der Waals surface area contributed by atoms with Crippen LogP contribution >= 0.6 is 0 Å². The zero-order valence-corrected chi connectivity index (χ0v) is 24.6. The van der Waals surface area contributed by atoms with E-state index in [1.807, 2.05) is 44.2 Å². The Balaban J connectivity index is 1.41. The van der Waals surface area contributed by atoms with Crippen molar-refractivity contribution in [1.29, 1.82) is 0 Å². The molecule has 3 amide bonds. The molecule has 1 aliphatic carbocycles. The molecule has 1 aromatic rings. The molecule has 3 unspecified atom stereocenters. The fourth-order valence-corrected chi connectivity index (χ4v) is 7.30. The second kappa shape index (κ2) is 12.0. The van der Waals surface area contributed by atoms with Gasteiger partial charge in [0.05, 0.1) is 17.9 Å². The van der Waals surface area contributed by atoms with E-state index in [4.69, 9.17) is 4.74 Å². The predicted octanol–water partition coefficient (Wildman–Crippen LogP) is 3.96. The summed E-state index contributed by atoms with van der Waals surface area (Å²) in [5.74, 6) is -1.94. The summed E-state index contributed by atoms with van der Waals surface area (Å²) in [6.07, 6.45) is 10.7. The van der Waals surface area contributed by atoms with E-state index >= 15 is 0 Å². The molecule has 3 fully saturated rings. The first kappa shape index (κ1) is 28.8. The molecule has 1 spiro atoms. The maximum absolute atomic E-state index is 14.2. The number of hydrogen-bond donors (Lipinski definition) is 2. The van der Waals surface area contributed by atoms with E-state index in [1.54, 1.807) is 4.90 Å². The van der Waals surface area contributed by atoms with Gasteiger partial charge in [-0.2, -0.15) is 0 Å². The predicted molar refractivity (Wildman–Crippen MR) is 156 cm³/mol. The summed E-state index contributed by atoms with van der Waals surface area (Å²) in [4.78, 5) is 46.0. The lowest BCUT2D eigenvalue weighted by molar-refractivity contribution is -0.141. The molecule has 1 aromatic carbocycles. The van der Waals surface area contributed by atoms with Crippen molar-refractivity contribution in [2.24, 2.45) is 11.8 Å². The summed E-state index contributed by atoms with van der Waals surface area (Å²) < 4.78 is 6.51. The average molecular weight is 551 g/mol. The number of carbonyl (C=O) groups is 3. The molecule has 2 N–H and O–H groups in total. The molecule has 8 nitrogen and oxygen atoms in total. The molecule has 5 atom stereocenters. The van der Waals surface area contributed by atoms with Crippen LogP contribution in [0.3, 0.4) is 0 Å². The zero-order chi connectivity index (χ0) is 28.4. The number of rotatable bonds is 11. The van der Waals surface area contributed by atoms with Crippen LogP contribution in [0, 0.1) is 25.7 Å². The van der Waals surface area contributed by atoms with E-state index in [9.17, 15) is 14.4 Å². The van der Waals surface area contributed by atoms with E-state index in [0.29, 0.717) is 18.8 Å². The Hall–Kier alpha value is -2.71. The summed E-state index contributed by atoms with van der Waals surface area (Å²) in [7, 11) is 0. The molecular weight excluding hydrogens is 504 g/mol. The van der Waals surface area contributed by atoms with Crippen LogP contribution in [-0.4, -0.2) is 77.5 Å². The number of ether oxygens (including phenoxy) is 1. The van der Waals surface area contributed by atoms with Crippen molar-refractivity contribution < 1.29 is 19.1 Å². The largest absolute Gasteiger partial charge is 0.359 e. The number of nitrogens with zero attached hydrogens (tertiary/aromatic N) is 2. The van der Waals surface area contributed by atoms with E-state index in [-0.39, 0.29) is 23.8 Å². The Morgan fingerprint density at radius 2 is 1.75 bits per heavy atom. The topological polar surface area (TPSA) is 91.0 Å². The molecule has 5 rings (SSSR count). The van der Waals surface area contributed by atoms with Gasteiger partial charge < -0.3 is 25.2 Å². The molecule has 218 valence electrons. The van der Waals surface area contributed by atoms with Crippen molar-refractivity contribution in [2.75, 3.05) is 31.5 Å². The average Bonchev–Trinajstić information content (AvgIpc) is 3.57. The van der Waals surface area contributed by atoms with Gasteiger partial charge in [0.15, 0.2) is 0 Å². The summed E-state index contributed by atoms with van der Waals surface area (Å²) in [6.45, 7) is 11.4. The van der Waals surface area contributed by atoms with Crippen molar-refractivity contribution in [3.05, 3.63) is 41.5 Å². The van der Waals surface area contributed by atoms with Crippen LogP contribution in [0.1, 0.15) is 69.9 Å².